The maximum atomic E-state index is 12.7. The molecule has 9 nitrogen and oxygen atoms in total. The minimum absolute atomic E-state index is 0.00489. The number of carboxylic acids is 1. The standard InChI is InChI=1S/C19H16N2O7S3/c1-27-15-9-12(7-8-14(15)28-11-17(22)23)10-16-18(24)21(19(29)30-16)20-31(25,26)13-5-3-2-4-6-13/h2-10,20H,11H2,1H3,(H,22,23)/b16-10+. The summed E-state index contributed by atoms with van der Waals surface area (Å²) in [7, 11) is -2.60. The SMILES string of the molecule is COc1cc(/C=C2/SC(=S)N(NS(=O)(=O)c3ccccc3)C2=O)ccc1OCC(=O)O. The Bertz CT molecular complexity index is 1160. The van der Waals surface area contributed by atoms with E-state index >= 15 is 0 Å². The highest BCUT2D eigenvalue weighted by Crippen LogP contribution is 2.34. The second-order valence-electron chi connectivity index (χ2n) is 6.02. The van der Waals surface area contributed by atoms with Crippen molar-refractivity contribution >= 4 is 56.3 Å². The molecule has 2 aromatic carbocycles. The molecule has 0 spiro atoms. The average Bonchev–Trinajstić information content (AvgIpc) is 3.00. The Morgan fingerprint density at radius 3 is 2.58 bits per heavy atom. The molecule has 2 N–H and O–H groups in total. The van der Waals surface area contributed by atoms with E-state index in [2.05, 4.69) is 4.83 Å². The summed E-state index contributed by atoms with van der Waals surface area (Å²) in [5.74, 6) is -1.26. The zero-order valence-corrected chi connectivity index (χ0v) is 18.4. The predicted molar refractivity (Wildman–Crippen MR) is 118 cm³/mol. The van der Waals surface area contributed by atoms with E-state index in [1.54, 1.807) is 30.3 Å². The van der Waals surface area contributed by atoms with Gasteiger partial charge >= 0.3 is 5.97 Å². The van der Waals surface area contributed by atoms with Gasteiger partial charge in [0.25, 0.3) is 15.9 Å². The van der Waals surface area contributed by atoms with Crippen molar-refractivity contribution in [3.05, 3.63) is 59.0 Å². The molecule has 1 heterocycles. The van der Waals surface area contributed by atoms with Crippen molar-refractivity contribution in [1.29, 1.82) is 0 Å². The number of sulfonamides is 1. The van der Waals surface area contributed by atoms with Crippen molar-refractivity contribution in [1.82, 2.24) is 9.84 Å². The Labute approximate surface area is 187 Å². The molecule has 1 saturated heterocycles. The number of nitrogens with zero attached hydrogens (tertiary/aromatic N) is 1. The van der Waals surface area contributed by atoms with Crippen LogP contribution in [-0.2, 0) is 19.6 Å². The lowest BCUT2D eigenvalue weighted by Gasteiger charge is -2.15. The number of amides is 1. The van der Waals surface area contributed by atoms with Gasteiger partial charge in [0.15, 0.2) is 22.4 Å². The molecule has 0 bridgehead atoms. The lowest BCUT2D eigenvalue weighted by atomic mass is 10.2. The van der Waals surface area contributed by atoms with Crippen LogP contribution in [0.3, 0.4) is 0 Å². The number of hydrazine groups is 1. The fraction of sp³-hybridized carbons (Fsp3) is 0.105. The maximum absolute atomic E-state index is 12.7. The summed E-state index contributed by atoms with van der Waals surface area (Å²) in [6, 6.07) is 12.3. The normalized spacial score (nSPS) is 15.4. The summed E-state index contributed by atoms with van der Waals surface area (Å²) in [5, 5.41) is 9.54. The number of hydrogen-bond donors (Lipinski definition) is 2. The van der Waals surface area contributed by atoms with Gasteiger partial charge in [-0.05, 0) is 35.9 Å². The van der Waals surface area contributed by atoms with Gasteiger partial charge in [-0.1, -0.05) is 48.2 Å². The number of benzene rings is 2. The molecular formula is C19H16N2O7S3. The van der Waals surface area contributed by atoms with Gasteiger partial charge in [0.1, 0.15) is 0 Å². The van der Waals surface area contributed by atoms with Gasteiger partial charge in [0, 0.05) is 0 Å². The van der Waals surface area contributed by atoms with Crippen LogP contribution in [0.4, 0.5) is 0 Å². The molecular weight excluding hydrogens is 464 g/mol. The van der Waals surface area contributed by atoms with Crippen LogP contribution in [0, 0.1) is 0 Å². The van der Waals surface area contributed by atoms with Crippen LogP contribution >= 0.6 is 24.0 Å². The number of ether oxygens (including phenoxy) is 2. The topological polar surface area (TPSA) is 122 Å². The third-order valence-corrected chi connectivity index (χ3v) is 6.51. The number of carbonyl (C=O) groups is 2. The van der Waals surface area contributed by atoms with E-state index in [0.29, 0.717) is 5.56 Å². The Balaban J connectivity index is 1.81. The molecule has 0 aromatic heterocycles. The third-order valence-electron chi connectivity index (χ3n) is 3.90. The fourth-order valence-corrected chi connectivity index (χ4v) is 4.83. The highest BCUT2D eigenvalue weighted by Gasteiger charge is 2.35. The lowest BCUT2D eigenvalue weighted by Crippen LogP contribution is -2.44. The van der Waals surface area contributed by atoms with E-state index in [-0.39, 0.29) is 25.6 Å². The van der Waals surface area contributed by atoms with Crippen molar-refractivity contribution in [3.8, 4) is 11.5 Å². The number of methoxy groups -OCH3 is 1. The predicted octanol–water partition coefficient (Wildman–Crippen LogP) is 2.25. The number of carbonyl (C=O) groups excluding carboxylic acids is 1. The summed E-state index contributed by atoms with van der Waals surface area (Å²) >= 11 is 6.09. The van der Waals surface area contributed by atoms with Crippen molar-refractivity contribution in [2.45, 2.75) is 4.90 Å². The van der Waals surface area contributed by atoms with Gasteiger partial charge in [-0.15, -0.1) is 4.83 Å². The third kappa shape index (κ3) is 5.41. The van der Waals surface area contributed by atoms with Gasteiger partial charge in [-0.25, -0.2) is 18.2 Å². The quantitative estimate of drug-likeness (QED) is 0.433. The van der Waals surface area contributed by atoms with Crippen LogP contribution in [0.25, 0.3) is 6.08 Å². The molecule has 0 atom stereocenters. The zero-order valence-electron chi connectivity index (χ0n) is 16.0. The number of aliphatic carboxylic acids is 1. The first-order valence-corrected chi connectivity index (χ1v) is 11.3. The number of thiocarbonyl (C=S) groups is 1. The van der Waals surface area contributed by atoms with Crippen molar-refractivity contribution in [2.24, 2.45) is 0 Å². The molecule has 12 heteroatoms. The molecule has 31 heavy (non-hydrogen) atoms. The summed E-state index contributed by atoms with van der Waals surface area (Å²) in [5.41, 5.74) is 0.547. The van der Waals surface area contributed by atoms with Crippen molar-refractivity contribution in [2.75, 3.05) is 13.7 Å². The molecule has 2 aromatic rings. The molecule has 1 amide bonds. The van der Waals surface area contributed by atoms with Crippen LogP contribution in [0.2, 0.25) is 0 Å². The molecule has 3 rings (SSSR count). The molecule has 1 aliphatic heterocycles. The van der Waals surface area contributed by atoms with Crippen molar-refractivity contribution < 1.29 is 32.6 Å². The Hall–Kier alpha value is -2.93. The van der Waals surface area contributed by atoms with E-state index in [1.165, 1.54) is 31.4 Å². The van der Waals surface area contributed by atoms with Crippen molar-refractivity contribution in [3.63, 3.8) is 0 Å². The second-order valence-corrected chi connectivity index (χ2v) is 9.35. The van der Waals surface area contributed by atoms with E-state index < -0.39 is 28.5 Å². The van der Waals surface area contributed by atoms with Gasteiger partial charge in [-0.2, -0.15) is 0 Å². The summed E-state index contributed by atoms with van der Waals surface area (Å²) in [6.45, 7) is -0.532. The molecule has 0 unspecified atom stereocenters. The van der Waals surface area contributed by atoms with Gasteiger partial charge in [0.2, 0.25) is 0 Å². The number of thioether (sulfide) groups is 1. The molecule has 0 aliphatic carbocycles. The van der Waals surface area contributed by atoms with Crippen LogP contribution in [0.15, 0.2) is 58.3 Å². The Morgan fingerprint density at radius 2 is 1.94 bits per heavy atom. The zero-order chi connectivity index (χ0) is 22.6. The largest absolute Gasteiger partial charge is 0.493 e. The highest BCUT2D eigenvalue weighted by atomic mass is 32.2. The Morgan fingerprint density at radius 1 is 1.23 bits per heavy atom. The molecule has 1 aliphatic rings. The maximum Gasteiger partial charge on any atom is 0.341 e. The number of hydrogen-bond acceptors (Lipinski definition) is 8. The summed E-state index contributed by atoms with van der Waals surface area (Å²) < 4.78 is 35.4. The van der Waals surface area contributed by atoms with Gasteiger partial charge in [-0.3, -0.25) is 4.79 Å². The first-order chi connectivity index (χ1) is 14.7. The number of carboxylic acid groups (broad SMARTS) is 1. The van der Waals surface area contributed by atoms with Crippen LogP contribution < -0.4 is 14.3 Å². The number of rotatable bonds is 8. The fourth-order valence-electron chi connectivity index (χ4n) is 2.50. The minimum Gasteiger partial charge on any atom is -0.493 e. The lowest BCUT2D eigenvalue weighted by molar-refractivity contribution is -0.139. The second kappa shape index (κ2) is 9.47. The molecule has 0 radical (unpaired) electrons. The van der Waals surface area contributed by atoms with Gasteiger partial charge < -0.3 is 14.6 Å². The Kier molecular flexibility index (Phi) is 6.95. The number of nitrogens with one attached hydrogen (secondary N) is 1. The van der Waals surface area contributed by atoms with E-state index in [9.17, 15) is 18.0 Å². The molecule has 1 fully saturated rings. The first-order valence-electron chi connectivity index (χ1n) is 8.59. The molecule has 0 saturated carbocycles. The minimum atomic E-state index is -3.99. The van der Waals surface area contributed by atoms with Crippen LogP contribution in [0.1, 0.15) is 5.56 Å². The summed E-state index contributed by atoms with van der Waals surface area (Å²) in [6.07, 6.45) is 1.51. The first kappa shape index (κ1) is 22.7. The van der Waals surface area contributed by atoms with E-state index in [1.807, 2.05) is 0 Å². The van der Waals surface area contributed by atoms with E-state index in [4.69, 9.17) is 26.8 Å². The van der Waals surface area contributed by atoms with Gasteiger partial charge in [0.05, 0.1) is 16.9 Å². The molecule has 162 valence electrons. The van der Waals surface area contributed by atoms with Crippen LogP contribution in [0.5, 0.6) is 11.5 Å². The summed E-state index contributed by atoms with van der Waals surface area (Å²) in [4.78, 5) is 25.8. The monoisotopic (exact) mass is 480 g/mol. The smallest absolute Gasteiger partial charge is 0.341 e. The van der Waals surface area contributed by atoms with Crippen LogP contribution in [-0.4, -0.2) is 48.4 Å². The highest BCUT2D eigenvalue weighted by molar-refractivity contribution is 8.26. The van der Waals surface area contributed by atoms with E-state index in [0.717, 1.165) is 16.8 Å². The average molecular weight is 481 g/mol.